The fourth-order valence-electron chi connectivity index (χ4n) is 2.38. The molecule has 9 heteroatoms. The number of H-pyrrole nitrogens is 1. The van der Waals surface area contributed by atoms with Crippen LogP contribution in [0, 0.1) is 0 Å². The van der Waals surface area contributed by atoms with E-state index in [0.717, 1.165) is 25.9 Å². The Bertz CT molecular complexity index is 661. The summed E-state index contributed by atoms with van der Waals surface area (Å²) >= 11 is 0. The van der Waals surface area contributed by atoms with E-state index < -0.39 is 0 Å². The predicted octanol–water partition coefficient (Wildman–Crippen LogP) is 0.275. The maximum atomic E-state index is 11.7. The molecule has 110 valence electrons. The van der Waals surface area contributed by atoms with Crippen LogP contribution in [0.5, 0.6) is 0 Å². The second-order valence-corrected chi connectivity index (χ2v) is 4.69. The topological polar surface area (TPSA) is 125 Å². The molecular weight excluding hydrogens is 284 g/mol. The normalized spacial score (nSPS) is 18.9. The van der Waals surface area contributed by atoms with E-state index in [1.54, 1.807) is 4.57 Å². The first-order valence-electron chi connectivity index (χ1n) is 6.28. The highest BCUT2D eigenvalue weighted by molar-refractivity contribution is 5.85. The molecule has 5 N–H and O–H groups in total. The quantitative estimate of drug-likeness (QED) is 0.731. The van der Waals surface area contributed by atoms with Crippen LogP contribution < -0.4 is 17.0 Å². The van der Waals surface area contributed by atoms with Crippen LogP contribution in [0.25, 0.3) is 11.2 Å². The van der Waals surface area contributed by atoms with Crippen molar-refractivity contribution in [3.8, 4) is 0 Å². The van der Waals surface area contributed by atoms with Gasteiger partial charge in [-0.05, 0) is 19.3 Å². The molecule has 20 heavy (non-hydrogen) atoms. The molecule has 0 bridgehead atoms. The lowest BCUT2D eigenvalue weighted by Crippen LogP contribution is -2.25. The Morgan fingerprint density at radius 2 is 2.15 bits per heavy atom. The maximum Gasteiger partial charge on any atom is 0.280 e. The van der Waals surface area contributed by atoms with Gasteiger partial charge in [0.1, 0.15) is 0 Å². The molecule has 1 aliphatic rings. The lowest BCUT2D eigenvalue weighted by Gasteiger charge is -2.23. The molecule has 1 fully saturated rings. The smallest absolute Gasteiger partial charge is 0.280 e. The van der Waals surface area contributed by atoms with E-state index in [1.165, 1.54) is 0 Å². The molecule has 1 atom stereocenters. The number of halogens is 1. The highest BCUT2D eigenvalue weighted by atomic mass is 35.5. The number of hydrogen-bond acceptors (Lipinski definition) is 6. The number of nitrogen functional groups attached to an aromatic ring is 2. The van der Waals surface area contributed by atoms with Gasteiger partial charge in [0.15, 0.2) is 11.2 Å². The molecule has 1 aliphatic heterocycles. The van der Waals surface area contributed by atoms with Crippen LogP contribution in [-0.2, 0) is 11.3 Å². The van der Waals surface area contributed by atoms with Crippen LogP contribution >= 0.6 is 12.4 Å². The molecule has 1 saturated heterocycles. The maximum absolute atomic E-state index is 11.7. The van der Waals surface area contributed by atoms with Crippen LogP contribution in [0.4, 0.5) is 11.9 Å². The second kappa shape index (κ2) is 5.68. The van der Waals surface area contributed by atoms with E-state index in [9.17, 15) is 4.79 Å². The summed E-state index contributed by atoms with van der Waals surface area (Å²) < 4.78 is 7.36. The number of ether oxygens (including phenoxy) is 1. The molecule has 8 nitrogen and oxygen atoms in total. The number of nitrogens with two attached hydrogens (primary N) is 2. The van der Waals surface area contributed by atoms with Crippen LogP contribution in [0.2, 0.25) is 0 Å². The lowest BCUT2D eigenvalue weighted by atomic mass is 10.1. The summed E-state index contributed by atoms with van der Waals surface area (Å²) in [6, 6.07) is 0. The first kappa shape index (κ1) is 14.6. The molecular formula is C11H17ClN6O2. The van der Waals surface area contributed by atoms with Crippen LogP contribution in [0.15, 0.2) is 4.79 Å². The van der Waals surface area contributed by atoms with Crippen LogP contribution in [-0.4, -0.2) is 32.2 Å². The van der Waals surface area contributed by atoms with Gasteiger partial charge in [0.05, 0.1) is 12.6 Å². The van der Waals surface area contributed by atoms with E-state index in [1.807, 2.05) is 0 Å². The van der Waals surface area contributed by atoms with Gasteiger partial charge in [-0.15, -0.1) is 12.4 Å². The predicted molar refractivity (Wildman–Crippen MR) is 77.8 cm³/mol. The fraction of sp³-hybridized carbons (Fsp3) is 0.545. The number of nitrogens with one attached hydrogen (secondary N) is 1. The van der Waals surface area contributed by atoms with E-state index in [-0.39, 0.29) is 41.5 Å². The minimum absolute atomic E-state index is 0. The highest BCUT2D eigenvalue weighted by Crippen LogP contribution is 2.19. The first-order valence-corrected chi connectivity index (χ1v) is 6.28. The average molecular weight is 301 g/mol. The summed E-state index contributed by atoms with van der Waals surface area (Å²) in [5.41, 5.74) is 11.7. The van der Waals surface area contributed by atoms with Crippen molar-refractivity contribution < 1.29 is 4.74 Å². The largest absolute Gasteiger partial charge is 0.376 e. The van der Waals surface area contributed by atoms with E-state index >= 15 is 0 Å². The number of fused-ring (bicyclic) bond motifs is 1. The Kier molecular flexibility index (Phi) is 4.15. The van der Waals surface area contributed by atoms with Crippen LogP contribution in [0.3, 0.4) is 0 Å². The number of anilines is 2. The van der Waals surface area contributed by atoms with Crippen LogP contribution in [0.1, 0.15) is 19.3 Å². The first-order chi connectivity index (χ1) is 9.15. The van der Waals surface area contributed by atoms with Gasteiger partial charge in [-0.25, -0.2) is 4.98 Å². The molecule has 2 aromatic rings. The SMILES string of the molecule is Cl.Nc1nc2c(nc(N)n2CC2CCCCO2)c(=O)[nH]1. The van der Waals surface area contributed by atoms with Crippen molar-refractivity contribution >= 4 is 35.5 Å². The highest BCUT2D eigenvalue weighted by Gasteiger charge is 2.19. The van der Waals surface area contributed by atoms with Crippen molar-refractivity contribution in [2.75, 3.05) is 18.1 Å². The molecule has 3 heterocycles. The standard InChI is InChI=1S/C11H16N6O2.ClH/c12-10-15-8-7(9(18)16-10)14-11(13)17(8)5-6-3-1-2-4-19-6;/h6H,1-5H2,(H2,13,14)(H3,12,15,16,18);1H. The van der Waals surface area contributed by atoms with Crippen molar-refractivity contribution in [1.82, 2.24) is 19.5 Å². The Hall–Kier alpha value is -1.80. The van der Waals surface area contributed by atoms with Gasteiger partial charge < -0.3 is 16.2 Å². The Morgan fingerprint density at radius 3 is 2.85 bits per heavy atom. The van der Waals surface area contributed by atoms with E-state index in [2.05, 4.69) is 15.0 Å². The van der Waals surface area contributed by atoms with Crippen molar-refractivity contribution in [2.45, 2.75) is 31.9 Å². The Morgan fingerprint density at radius 1 is 1.35 bits per heavy atom. The van der Waals surface area contributed by atoms with Gasteiger partial charge in [-0.1, -0.05) is 0 Å². The van der Waals surface area contributed by atoms with Gasteiger partial charge in [0, 0.05) is 6.61 Å². The Labute approximate surface area is 120 Å². The summed E-state index contributed by atoms with van der Waals surface area (Å²) in [6.07, 6.45) is 3.27. The fourth-order valence-corrected chi connectivity index (χ4v) is 2.38. The summed E-state index contributed by atoms with van der Waals surface area (Å²) in [5.74, 6) is 0.316. The van der Waals surface area contributed by atoms with Gasteiger partial charge in [0.2, 0.25) is 11.9 Å². The Balaban J connectivity index is 0.00000147. The number of hydrogen-bond donors (Lipinski definition) is 3. The zero-order chi connectivity index (χ0) is 13.4. The van der Waals surface area contributed by atoms with Crippen molar-refractivity contribution in [1.29, 1.82) is 0 Å². The minimum atomic E-state index is -0.377. The molecule has 0 saturated carbocycles. The van der Waals surface area contributed by atoms with E-state index in [4.69, 9.17) is 16.2 Å². The monoisotopic (exact) mass is 300 g/mol. The van der Waals surface area contributed by atoms with Gasteiger partial charge in [0.25, 0.3) is 5.56 Å². The number of rotatable bonds is 2. The number of imidazole rings is 1. The third-order valence-corrected chi connectivity index (χ3v) is 3.31. The van der Waals surface area contributed by atoms with E-state index in [0.29, 0.717) is 12.2 Å². The van der Waals surface area contributed by atoms with Crippen molar-refractivity contribution in [3.05, 3.63) is 10.4 Å². The average Bonchev–Trinajstić information content (AvgIpc) is 2.69. The number of aromatic nitrogens is 4. The third-order valence-electron chi connectivity index (χ3n) is 3.31. The summed E-state index contributed by atoms with van der Waals surface area (Å²) in [6.45, 7) is 1.30. The van der Waals surface area contributed by atoms with Gasteiger partial charge >= 0.3 is 0 Å². The van der Waals surface area contributed by atoms with Crippen molar-refractivity contribution in [2.24, 2.45) is 0 Å². The summed E-state index contributed by atoms with van der Waals surface area (Å²) in [7, 11) is 0. The molecule has 0 aliphatic carbocycles. The third kappa shape index (κ3) is 2.56. The molecule has 0 radical (unpaired) electrons. The van der Waals surface area contributed by atoms with Gasteiger partial charge in [-0.3, -0.25) is 14.3 Å². The summed E-state index contributed by atoms with van der Waals surface area (Å²) in [5, 5.41) is 0. The summed E-state index contributed by atoms with van der Waals surface area (Å²) in [4.78, 5) is 22.3. The molecule has 0 spiro atoms. The lowest BCUT2D eigenvalue weighted by molar-refractivity contribution is 0.00686. The number of aromatic amines is 1. The molecule has 0 aromatic carbocycles. The van der Waals surface area contributed by atoms with Crippen molar-refractivity contribution in [3.63, 3.8) is 0 Å². The van der Waals surface area contributed by atoms with Gasteiger partial charge in [-0.2, -0.15) is 4.98 Å². The zero-order valence-corrected chi connectivity index (χ0v) is 11.7. The minimum Gasteiger partial charge on any atom is -0.376 e. The molecule has 1 unspecified atom stereocenters. The molecule has 3 rings (SSSR count). The second-order valence-electron chi connectivity index (χ2n) is 4.69. The molecule has 0 amide bonds. The zero-order valence-electron chi connectivity index (χ0n) is 10.8. The molecule has 2 aromatic heterocycles. The number of nitrogens with zero attached hydrogens (tertiary/aromatic N) is 3.